The van der Waals surface area contributed by atoms with Crippen LogP contribution in [0.5, 0.6) is 0 Å². The Morgan fingerprint density at radius 2 is 1.28 bits per heavy atom. The normalized spacial score (nSPS) is 15.5. The van der Waals surface area contributed by atoms with Crippen LogP contribution >= 0.6 is 0 Å². The van der Waals surface area contributed by atoms with Crippen LogP contribution < -0.4 is 0 Å². The van der Waals surface area contributed by atoms with Crippen molar-refractivity contribution < 1.29 is 0 Å². The number of rotatable bonds is 4. The number of hydrogen-bond donors (Lipinski definition) is 0. The third-order valence-corrected chi connectivity index (χ3v) is 5.76. The van der Waals surface area contributed by atoms with Crippen molar-refractivity contribution >= 4 is 27.8 Å². The van der Waals surface area contributed by atoms with Gasteiger partial charge in [0.15, 0.2) is 0 Å². The highest BCUT2D eigenvalue weighted by Crippen LogP contribution is 2.27. The van der Waals surface area contributed by atoms with Gasteiger partial charge in [-0.3, -0.25) is 9.91 Å². The smallest absolute Gasteiger partial charge is 0.0555 e. The first-order valence-electron chi connectivity index (χ1n) is 10.3. The van der Waals surface area contributed by atoms with Crippen LogP contribution in [0.3, 0.4) is 0 Å². The van der Waals surface area contributed by atoms with Gasteiger partial charge in [0.2, 0.25) is 0 Å². The number of piperazine rings is 1. The van der Waals surface area contributed by atoms with Crippen LogP contribution in [0.1, 0.15) is 11.1 Å². The van der Waals surface area contributed by atoms with E-state index in [4.69, 9.17) is 5.10 Å². The Morgan fingerprint density at radius 3 is 1.93 bits per heavy atom. The quantitative estimate of drug-likeness (QED) is 0.361. The van der Waals surface area contributed by atoms with Crippen molar-refractivity contribution in [2.45, 2.75) is 6.54 Å². The Hall–Kier alpha value is -3.17. The van der Waals surface area contributed by atoms with Gasteiger partial charge >= 0.3 is 0 Å². The van der Waals surface area contributed by atoms with E-state index in [9.17, 15) is 0 Å². The minimum atomic E-state index is 0.964. The van der Waals surface area contributed by atoms with Gasteiger partial charge in [-0.05, 0) is 33.2 Å². The van der Waals surface area contributed by atoms with Gasteiger partial charge in [-0.15, -0.1) is 0 Å². The highest BCUT2D eigenvalue weighted by atomic mass is 15.5. The molecule has 1 aliphatic heterocycles. The summed E-state index contributed by atoms with van der Waals surface area (Å²) in [5.41, 5.74) is 2.59. The minimum absolute atomic E-state index is 0.964. The lowest BCUT2D eigenvalue weighted by atomic mass is 9.97. The molecule has 144 valence electrons. The fourth-order valence-corrected chi connectivity index (χ4v) is 4.18. The van der Waals surface area contributed by atoms with Gasteiger partial charge in [-0.2, -0.15) is 5.10 Å². The lowest BCUT2D eigenvalue weighted by Gasteiger charge is -2.33. The molecule has 0 N–H and O–H groups in total. The van der Waals surface area contributed by atoms with Gasteiger partial charge in [0.1, 0.15) is 0 Å². The second-order valence-corrected chi connectivity index (χ2v) is 7.69. The van der Waals surface area contributed by atoms with E-state index < -0.39 is 0 Å². The SMILES string of the molecule is C(=NN1CCN(Cc2ccccc2)CC1)c1c2ccccc2cc2ccccc12. The predicted octanol–water partition coefficient (Wildman–Crippen LogP) is 5.14. The zero-order chi connectivity index (χ0) is 19.5. The average molecular weight is 380 g/mol. The zero-order valence-corrected chi connectivity index (χ0v) is 16.5. The molecule has 4 aromatic carbocycles. The molecular weight excluding hydrogens is 354 g/mol. The van der Waals surface area contributed by atoms with Gasteiger partial charge in [0, 0.05) is 38.3 Å². The lowest BCUT2D eigenvalue weighted by Crippen LogP contribution is -2.43. The monoisotopic (exact) mass is 379 g/mol. The highest BCUT2D eigenvalue weighted by Gasteiger charge is 2.15. The Bertz CT molecular complexity index is 1090. The first-order chi connectivity index (χ1) is 14.4. The number of benzene rings is 4. The van der Waals surface area contributed by atoms with Crippen LogP contribution in [0.15, 0.2) is 90.0 Å². The molecule has 0 bridgehead atoms. The number of hydrogen-bond acceptors (Lipinski definition) is 3. The first kappa shape index (κ1) is 17.9. The molecule has 1 fully saturated rings. The van der Waals surface area contributed by atoms with Crippen LogP contribution in [0.4, 0.5) is 0 Å². The first-order valence-corrected chi connectivity index (χ1v) is 10.3. The van der Waals surface area contributed by atoms with Gasteiger partial charge in [-0.25, -0.2) is 0 Å². The van der Waals surface area contributed by atoms with Crippen molar-refractivity contribution in [2.24, 2.45) is 5.10 Å². The fourth-order valence-electron chi connectivity index (χ4n) is 4.18. The molecule has 1 saturated heterocycles. The Labute approximate surface area is 171 Å². The summed E-state index contributed by atoms with van der Waals surface area (Å²) in [5.74, 6) is 0. The van der Waals surface area contributed by atoms with E-state index >= 15 is 0 Å². The molecule has 0 unspecified atom stereocenters. The second-order valence-electron chi connectivity index (χ2n) is 7.69. The summed E-state index contributed by atoms with van der Waals surface area (Å²) in [4.78, 5) is 2.51. The molecule has 3 heteroatoms. The van der Waals surface area contributed by atoms with Gasteiger partial charge < -0.3 is 0 Å². The van der Waals surface area contributed by atoms with Crippen LogP contribution in [0.25, 0.3) is 21.5 Å². The Balaban J connectivity index is 1.35. The summed E-state index contributed by atoms with van der Waals surface area (Å²) in [6.45, 7) is 5.04. The molecule has 0 atom stereocenters. The molecule has 4 aromatic rings. The summed E-state index contributed by atoms with van der Waals surface area (Å²) in [7, 11) is 0. The maximum absolute atomic E-state index is 4.88. The molecule has 1 heterocycles. The van der Waals surface area contributed by atoms with Crippen molar-refractivity contribution in [3.05, 3.63) is 96.1 Å². The Morgan fingerprint density at radius 1 is 0.690 bits per heavy atom. The standard InChI is InChI=1S/C26H25N3/c1-2-8-21(9-3-1)20-28-14-16-29(17-15-28)27-19-26-24-12-6-4-10-22(24)18-23-11-5-7-13-25(23)26/h1-13,18-19H,14-17,20H2. The number of fused-ring (bicyclic) bond motifs is 2. The summed E-state index contributed by atoms with van der Waals surface area (Å²) < 4.78 is 0. The van der Waals surface area contributed by atoms with Crippen molar-refractivity contribution in [2.75, 3.05) is 26.2 Å². The van der Waals surface area contributed by atoms with E-state index in [0.717, 1.165) is 32.7 Å². The van der Waals surface area contributed by atoms with Crippen molar-refractivity contribution in [3.63, 3.8) is 0 Å². The average Bonchev–Trinajstić information content (AvgIpc) is 2.78. The van der Waals surface area contributed by atoms with Crippen LogP contribution in [-0.4, -0.2) is 42.3 Å². The number of nitrogens with zero attached hydrogens (tertiary/aromatic N) is 3. The predicted molar refractivity (Wildman–Crippen MR) is 122 cm³/mol. The molecule has 5 rings (SSSR count). The van der Waals surface area contributed by atoms with Crippen molar-refractivity contribution in [1.82, 2.24) is 9.91 Å². The molecule has 1 aliphatic rings. The molecule has 0 spiro atoms. The van der Waals surface area contributed by atoms with E-state index in [1.165, 1.54) is 32.7 Å². The van der Waals surface area contributed by atoms with E-state index in [0.29, 0.717) is 0 Å². The van der Waals surface area contributed by atoms with Crippen LogP contribution in [0.2, 0.25) is 0 Å². The topological polar surface area (TPSA) is 18.8 Å². The largest absolute Gasteiger partial charge is 0.295 e. The summed E-state index contributed by atoms with van der Waals surface area (Å²) in [5, 5.41) is 12.1. The molecule has 0 amide bonds. The molecule has 0 aromatic heterocycles. The maximum atomic E-state index is 4.88. The van der Waals surface area contributed by atoms with Crippen molar-refractivity contribution in [1.29, 1.82) is 0 Å². The molecular formula is C26H25N3. The molecule has 3 nitrogen and oxygen atoms in total. The fraction of sp³-hybridized carbons (Fsp3) is 0.192. The number of hydrazone groups is 1. The highest BCUT2D eigenvalue weighted by molar-refractivity contribution is 6.13. The van der Waals surface area contributed by atoms with Crippen LogP contribution in [-0.2, 0) is 6.54 Å². The van der Waals surface area contributed by atoms with E-state index in [2.05, 4.69) is 101 Å². The third kappa shape index (κ3) is 3.87. The molecule has 0 saturated carbocycles. The third-order valence-electron chi connectivity index (χ3n) is 5.76. The molecule has 29 heavy (non-hydrogen) atoms. The Kier molecular flexibility index (Phi) is 4.97. The van der Waals surface area contributed by atoms with Gasteiger partial charge in [0.05, 0.1) is 6.21 Å². The molecule has 0 radical (unpaired) electrons. The van der Waals surface area contributed by atoms with E-state index in [1.807, 2.05) is 0 Å². The van der Waals surface area contributed by atoms with E-state index in [1.54, 1.807) is 0 Å². The van der Waals surface area contributed by atoms with Gasteiger partial charge in [0.25, 0.3) is 0 Å². The summed E-state index contributed by atoms with van der Waals surface area (Å²) in [6, 6.07) is 30.2. The molecule has 0 aliphatic carbocycles. The van der Waals surface area contributed by atoms with Crippen LogP contribution in [0, 0.1) is 0 Å². The minimum Gasteiger partial charge on any atom is -0.295 e. The second kappa shape index (κ2) is 8.06. The maximum Gasteiger partial charge on any atom is 0.0555 e. The summed E-state index contributed by atoms with van der Waals surface area (Å²) >= 11 is 0. The summed E-state index contributed by atoms with van der Waals surface area (Å²) in [6.07, 6.45) is 2.07. The van der Waals surface area contributed by atoms with Crippen molar-refractivity contribution in [3.8, 4) is 0 Å². The zero-order valence-electron chi connectivity index (χ0n) is 16.5. The lowest BCUT2D eigenvalue weighted by molar-refractivity contribution is 0.131. The van der Waals surface area contributed by atoms with E-state index in [-0.39, 0.29) is 0 Å². The van der Waals surface area contributed by atoms with Gasteiger partial charge in [-0.1, -0.05) is 78.9 Å².